The Morgan fingerprint density at radius 3 is 2.35 bits per heavy atom. The molecule has 0 amide bonds. The minimum absolute atomic E-state index is 0.0610. The van der Waals surface area contributed by atoms with E-state index < -0.39 is 0 Å². The molecule has 0 aromatic carbocycles. The van der Waals surface area contributed by atoms with E-state index in [0.29, 0.717) is 13.0 Å². The molecule has 0 saturated carbocycles. The smallest absolute Gasteiger partial charge is 0.306 e. The van der Waals surface area contributed by atoms with E-state index in [-0.39, 0.29) is 5.97 Å². The molecular formula is C15H28O2. The number of allylic oxidation sites excluding steroid dienone is 1. The quantitative estimate of drug-likeness (QED) is 0.299. The third-order valence-electron chi connectivity index (χ3n) is 2.72. The zero-order valence-corrected chi connectivity index (χ0v) is 11.5. The zero-order chi connectivity index (χ0) is 12.8. The van der Waals surface area contributed by atoms with Gasteiger partial charge >= 0.3 is 5.97 Å². The lowest BCUT2D eigenvalue weighted by Crippen LogP contribution is -2.03. The second-order valence-corrected chi connectivity index (χ2v) is 4.46. The van der Waals surface area contributed by atoms with Crippen molar-refractivity contribution in [1.82, 2.24) is 0 Å². The molecule has 2 heteroatoms. The van der Waals surface area contributed by atoms with Gasteiger partial charge in [-0.15, -0.1) is 0 Å². The van der Waals surface area contributed by atoms with Gasteiger partial charge in [0, 0.05) is 6.42 Å². The molecule has 0 saturated heterocycles. The summed E-state index contributed by atoms with van der Waals surface area (Å²) < 4.78 is 5.09. The summed E-state index contributed by atoms with van der Waals surface area (Å²) in [6, 6.07) is 0. The molecule has 0 atom stereocenters. The number of unbranched alkanes of at least 4 members (excludes halogenated alkanes) is 6. The van der Waals surface area contributed by atoms with E-state index in [1.165, 1.54) is 25.7 Å². The molecule has 0 unspecified atom stereocenters. The molecule has 0 aliphatic heterocycles. The second kappa shape index (κ2) is 13.3. The lowest BCUT2D eigenvalue weighted by Gasteiger charge is -2.00. The Balaban J connectivity index is 3.25. The predicted octanol–water partition coefficient (Wildman–Crippen LogP) is 4.64. The number of ether oxygens (including phenoxy) is 1. The minimum Gasteiger partial charge on any atom is -0.461 e. The van der Waals surface area contributed by atoms with E-state index in [0.717, 1.165) is 25.7 Å². The molecule has 0 aromatic rings. The normalized spacial score (nSPS) is 10.9. The third kappa shape index (κ3) is 13.1. The predicted molar refractivity (Wildman–Crippen MR) is 73.0 cm³/mol. The largest absolute Gasteiger partial charge is 0.461 e. The first-order chi connectivity index (χ1) is 8.31. The van der Waals surface area contributed by atoms with Gasteiger partial charge in [0.15, 0.2) is 0 Å². The first-order valence-electron chi connectivity index (χ1n) is 7.11. The van der Waals surface area contributed by atoms with Crippen LogP contribution in [0.15, 0.2) is 12.2 Å². The minimum atomic E-state index is -0.0610. The average molecular weight is 240 g/mol. The maximum absolute atomic E-state index is 11.2. The number of esters is 1. The van der Waals surface area contributed by atoms with E-state index in [2.05, 4.69) is 19.9 Å². The highest BCUT2D eigenvalue weighted by Gasteiger charge is 1.99. The highest BCUT2D eigenvalue weighted by Crippen LogP contribution is 2.03. The van der Waals surface area contributed by atoms with Crippen LogP contribution in [0.4, 0.5) is 0 Å². The maximum atomic E-state index is 11.2. The van der Waals surface area contributed by atoms with Gasteiger partial charge in [0.25, 0.3) is 0 Å². The van der Waals surface area contributed by atoms with Crippen molar-refractivity contribution in [1.29, 1.82) is 0 Å². The van der Waals surface area contributed by atoms with Crippen LogP contribution in [0.1, 0.15) is 71.6 Å². The Kier molecular flexibility index (Phi) is 12.7. The number of rotatable bonds is 11. The summed E-state index contributed by atoms with van der Waals surface area (Å²) in [6.45, 7) is 4.79. The van der Waals surface area contributed by atoms with Crippen LogP contribution in [0, 0.1) is 0 Å². The Bertz CT molecular complexity index is 197. The lowest BCUT2D eigenvalue weighted by molar-refractivity contribution is -0.142. The van der Waals surface area contributed by atoms with Gasteiger partial charge < -0.3 is 4.74 Å². The maximum Gasteiger partial charge on any atom is 0.306 e. The van der Waals surface area contributed by atoms with Gasteiger partial charge in [-0.3, -0.25) is 4.79 Å². The summed E-state index contributed by atoms with van der Waals surface area (Å²) in [5.74, 6) is -0.0610. The van der Waals surface area contributed by atoms with Gasteiger partial charge in [-0.2, -0.15) is 0 Å². The van der Waals surface area contributed by atoms with E-state index >= 15 is 0 Å². The standard InChI is InChI=1S/C15H28O2/c1-3-5-7-8-9-10-12-14-17-15(16)13-11-6-4-2/h10,12H,3-9,11,13-14H2,1-2H3/b12-10-. The summed E-state index contributed by atoms with van der Waals surface area (Å²) in [5, 5.41) is 0. The Labute approximate surface area is 106 Å². The third-order valence-corrected chi connectivity index (χ3v) is 2.72. The molecule has 0 spiro atoms. The summed E-state index contributed by atoms with van der Waals surface area (Å²) in [4.78, 5) is 11.2. The number of hydrogen-bond acceptors (Lipinski definition) is 2. The van der Waals surface area contributed by atoms with Gasteiger partial charge in [-0.05, 0) is 19.3 Å². The first-order valence-corrected chi connectivity index (χ1v) is 7.11. The molecule has 0 bridgehead atoms. The molecule has 100 valence electrons. The molecule has 0 rings (SSSR count). The van der Waals surface area contributed by atoms with Crippen molar-refractivity contribution in [3.8, 4) is 0 Å². The SMILES string of the molecule is CCCCCC/C=C\COC(=O)CCCCC. The second-order valence-electron chi connectivity index (χ2n) is 4.46. The van der Waals surface area contributed by atoms with E-state index in [1.807, 2.05) is 6.08 Å². The van der Waals surface area contributed by atoms with Crippen LogP contribution < -0.4 is 0 Å². The van der Waals surface area contributed by atoms with E-state index in [4.69, 9.17) is 4.74 Å². The van der Waals surface area contributed by atoms with Crippen LogP contribution in [0.5, 0.6) is 0 Å². The average Bonchev–Trinajstić information content (AvgIpc) is 2.33. The lowest BCUT2D eigenvalue weighted by atomic mass is 10.1. The van der Waals surface area contributed by atoms with Crippen LogP contribution in [-0.2, 0) is 9.53 Å². The fraction of sp³-hybridized carbons (Fsp3) is 0.800. The number of carbonyl (C=O) groups excluding carboxylic acids is 1. The van der Waals surface area contributed by atoms with Gasteiger partial charge in [0.1, 0.15) is 6.61 Å². The van der Waals surface area contributed by atoms with Crippen molar-refractivity contribution in [2.24, 2.45) is 0 Å². The van der Waals surface area contributed by atoms with Crippen LogP contribution in [0.25, 0.3) is 0 Å². The topological polar surface area (TPSA) is 26.3 Å². The Hall–Kier alpha value is -0.790. The Morgan fingerprint density at radius 1 is 0.941 bits per heavy atom. The van der Waals surface area contributed by atoms with Crippen LogP contribution >= 0.6 is 0 Å². The monoisotopic (exact) mass is 240 g/mol. The highest BCUT2D eigenvalue weighted by molar-refractivity contribution is 5.69. The van der Waals surface area contributed by atoms with Gasteiger partial charge in [-0.25, -0.2) is 0 Å². The molecule has 0 heterocycles. The molecular weight excluding hydrogens is 212 g/mol. The Morgan fingerprint density at radius 2 is 1.65 bits per heavy atom. The van der Waals surface area contributed by atoms with Gasteiger partial charge in [0.05, 0.1) is 0 Å². The molecule has 0 radical (unpaired) electrons. The van der Waals surface area contributed by atoms with Gasteiger partial charge in [-0.1, -0.05) is 58.1 Å². The van der Waals surface area contributed by atoms with Crippen LogP contribution in [0.2, 0.25) is 0 Å². The van der Waals surface area contributed by atoms with Crippen molar-refractivity contribution in [2.75, 3.05) is 6.61 Å². The van der Waals surface area contributed by atoms with E-state index in [1.54, 1.807) is 0 Å². The fourth-order valence-corrected chi connectivity index (χ4v) is 1.61. The summed E-state index contributed by atoms with van der Waals surface area (Å²) >= 11 is 0. The zero-order valence-electron chi connectivity index (χ0n) is 11.5. The van der Waals surface area contributed by atoms with Gasteiger partial charge in [0.2, 0.25) is 0 Å². The number of hydrogen-bond donors (Lipinski definition) is 0. The van der Waals surface area contributed by atoms with E-state index in [9.17, 15) is 4.79 Å². The molecule has 0 N–H and O–H groups in total. The van der Waals surface area contributed by atoms with Crippen molar-refractivity contribution < 1.29 is 9.53 Å². The molecule has 0 aliphatic carbocycles. The molecule has 17 heavy (non-hydrogen) atoms. The highest BCUT2D eigenvalue weighted by atomic mass is 16.5. The molecule has 0 aliphatic rings. The summed E-state index contributed by atoms with van der Waals surface area (Å²) in [6.07, 6.45) is 14.1. The van der Waals surface area contributed by atoms with Crippen molar-refractivity contribution in [2.45, 2.75) is 71.6 Å². The first kappa shape index (κ1) is 16.2. The van der Waals surface area contributed by atoms with Crippen LogP contribution in [-0.4, -0.2) is 12.6 Å². The van der Waals surface area contributed by atoms with Crippen molar-refractivity contribution in [3.05, 3.63) is 12.2 Å². The molecule has 0 fully saturated rings. The fourth-order valence-electron chi connectivity index (χ4n) is 1.61. The van der Waals surface area contributed by atoms with Crippen molar-refractivity contribution in [3.63, 3.8) is 0 Å². The molecule has 2 nitrogen and oxygen atoms in total. The molecule has 0 aromatic heterocycles. The van der Waals surface area contributed by atoms with Crippen LogP contribution in [0.3, 0.4) is 0 Å². The summed E-state index contributed by atoms with van der Waals surface area (Å²) in [7, 11) is 0. The number of carbonyl (C=O) groups is 1. The van der Waals surface area contributed by atoms with Crippen molar-refractivity contribution >= 4 is 5.97 Å². The summed E-state index contributed by atoms with van der Waals surface area (Å²) in [5.41, 5.74) is 0.